The molecule has 0 aliphatic carbocycles. The number of carbonyl (C=O) groups is 2. The van der Waals surface area contributed by atoms with Crippen LogP contribution in [0.5, 0.6) is 0 Å². The Morgan fingerprint density at radius 1 is 1.24 bits per heavy atom. The molecule has 0 unspecified atom stereocenters. The van der Waals surface area contributed by atoms with Gasteiger partial charge in [0.1, 0.15) is 0 Å². The first-order valence-electron chi connectivity index (χ1n) is 5.14. The monoisotopic (exact) mass is 266 g/mol. The van der Waals surface area contributed by atoms with Gasteiger partial charge in [-0.2, -0.15) is 0 Å². The molecule has 2 N–H and O–H groups in total. The Kier molecular flexibility index (Phi) is 6.74. The van der Waals surface area contributed by atoms with E-state index in [9.17, 15) is 18.0 Å². The zero-order chi connectivity index (χ0) is 13.5. The van der Waals surface area contributed by atoms with Gasteiger partial charge in [-0.3, -0.25) is 9.59 Å². The van der Waals surface area contributed by atoms with Crippen LogP contribution in [-0.4, -0.2) is 56.7 Å². The average Bonchev–Trinajstić information content (AvgIpc) is 2.15. The predicted octanol–water partition coefficient (Wildman–Crippen LogP) is -0.751. The number of sulfonamides is 1. The molecule has 0 aromatic rings. The second-order valence-electron chi connectivity index (χ2n) is 3.75. The lowest BCUT2D eigenvalue weighted by Gasteiger charge is -2.10. The summed E-state index contributed by atoms with van der Waals surface area (Å²) in [6, 6.07) is 0. The summed E-state index contributed by atoms with van der Waals surface area (Å²) < 4.78 is 24.9. The normalized spacial score (nSPS) is 11.2. The van der Waals surface area contributed by atoms with Gasteiger partial charge in [0.2, 0.25) is 15.9 Å². The minimum absolute atomic E-state index is 0.0341. The molecule has 0 rings (SSSR count). The zero-order valence-electron chi connectivity index (χ0n) is 9.97. The number of amides is 1. The van der Waals surface area contributed by atoms with Gasteiger partial charge in [0.15, 0.2) is 0 Å². The van der Waals surface area contributed by atoms with E-state index in [0.717, 1.165) is 0 Å². The van der Waals surface area contributed by atoms with Gasteiger partial charge in [-0.05, 0) is 6.42 Å². The highest BCUT2D eigenvalue weighted by atomic mass is 32.2. The molecule has 0 radical (unpaired) electrons. The number of aliphatic carboxylic acids is 1. The van der Waals surface area contributed by atoms with Crippen molar-refractivity contribution in [1.82, 2.24) is 9.62 Å². The van der Waals surface area contributed by atoms with Crippen LogP contribution in [0, 0.1) is 0 Å². The van der Waals surface area contributed by atoms with E-state index >= 15 is 0 Å². The molecular formula is C9H18N2O5S. The molecule has 0 saturated carbocycles. The fraction of sp³-hybridized carbons (Fsp3) is 0.778. The van der Waals surface area contributed by atoms with Gasteiger partial charge in [-0.15, -0.1) is 0 Å². The molecule has 0 aliphatic rings. The van der Waals surface area contributed by atoms with Crippen molar-refractivity contribution in [2.75, 3.05) is 26.4 Å². The van der Waals surface area contributed by atoms with Crippen molar-refractivity contribution in [2.24, 2.45) is 0 Å². The van der Waals surface area contributed by atoms with E-state index in [1.807, 2.05) is 0 Å². The molecule has 0 aromatic heterocycles. The molecule has 7 nitrogen and oxygen atoms in total. The number of hydrogen-bond acceptors (Lipinski definition) is 4. The minimum atomic E-state index is -3.48. The first-order valence-corrected chi connectivity index (χ1v) is 6.79. The van der Waals surface area contributed by atoms with E-state index in [0.29, 0.717) is 0 Å². The Morgan fingerprint density at radius 3 is 2.29 bits per heavy atom. The maximum absolute atomic E-state index is 11.3. The summed E-state index contributed by atoms with van der Waals surface area (Å²) in [4.78, 5) is 22.7. The number of rotatable bonds is 8. The van der Waals surface area contributed by atoms with Gasteiger partial charge >= 0.3 is 5.97 Å². The largest absolute Gasteiger partial charge is 0.481 e. The Hall–Kier alpha value is -1.15. The molecule has 0 aromatic carbocycles. The number of carboxylic acid groups (broad SMARTS) is 1. The fourth-order valence-electron chi connectivity index (χ4n) is 1.02. The SMILES string of the molecule is CN(C)C(=O)CCNS(=O)(=O)CCCC(=O)O. The number of nitrogens with zero attached hydrogens (tertiary/aromatic N) is 1. The van der Waals surface area contributed by atoms with E-state index in [1.54, 1.807) is 14.1 Å². The van der Waals surface area contributed by atoms with Crippen molar-refractivity contribution >= 4 is 21.9 Å². The average molecular weight is 266 g/mol. The van der Waals surface area contributed by atoms with Crippen molar-refractivity contribution in [3.8, 4) is 0 Å². The third-order valence-electron chi connectivity index (χ3n) is 1.96. The summed E-state index contributed by atoms with van der Waals surface area (Å²) in [6.07, 6.45) is -0.0327. The zero-order valence-corrected chi connectivity index (χ0v) is 10.8. The first kappa shape index (κ1) is 15.9. The van der Waals surface area contributed by atoms with Crippen molar-refractivity contribution in [3.63, 3.8) is 0 Å². The summed E-state index contributed by atoms with van der Waals surface area (Å²) in [5.41, 5.74) is 0. The highest BCUT2D eigenvalue weighted by molar-refractivity contribution is 7.89. The first-order chi connectivity index (χ1) is 7.74. The van der Waals surface area contributed by atoms with E-state index in [4.69, 9.17) is 5.11 Å². The molecule has 100 valence electrons. The standard InChI is InChI=1S/C9H18N2O5S/c1-11(2)8(12)5-6-10-17(15,16)7-3-4-9(13)14/h10H,3-7H2,1-2H3,(H,13,14). The molecule has 0 heterocycles. The predicted molar refractivity (Wildman–Crippen MR) is 62.0 cm³/mol. The highest BCUT2D eigenvalue weighted by Crippen LogP contribution is 1.95. The number of hydrogen-bond donors (Lipinski definition) is 2. The van der Waals surface area contributed by atoms with E-state index < -0.39 is 16.0 Å². The molecule has 1 amide bonds. The van der Waals surface area contributed by atoms with Gasteiger partial charge in [0.25, 0.3) is 0 Å². The van der Waals surface area contributed by atoms with Crippen molar-refractivity contribution < 1.29 is 23.1 Å². The second kappa shape index (κ2) is 7.23. The van der Waals surface area contributed by atoms with Gasteiger partial charge in [0.05, 0.1) is 5.75 Å². The Bertz CT molecular complexity index is 364. The summed E-state index contributed by atoms with van der Waals surface area (Å²) in [5.74, 6) is -1.43. The lowest BCUT2D eigenvalue weighted by atomic mass is 10.3. The summed E-state index contributed by atoms with van der Waals surface area (Å²) in [7, 11) is -0.309. The molecule has 0 fully saturated rings. The molecular weight excluding hydrogens is 248 g/mol. The summed E-state index contributed by atoms with van der Waals surface area (Å²) in [5, 5.41) is 8.35. The van der Waals surface area contributed by atoms with Crippen LogP contribution < -0.4 is 4.72 Å². The van der Waals surface area contributed by atoms with Crippen molar-refractivity contribution in [2.45, 2.75) is 19.3 Å². The fourth-order valence-corrected chi connectivity index (χ4v) is 2.10. The molecule has 0 saturated heterocycles. The lowest BCUT2D eigenvalue weighted by Crippen LogP contribution is -2.31. The molecule has 0 spiro atoms. The Morgan fingerprint density at radius 2 is 1.82 bits per heavy atom. The number of carboxylic acids is 1. The van der Waals surface area contributed by atoms with E-state index in [-0.39, 0.29) is 37.5 Å². The molecule has 8 heteroatoms. The van der Waals surface area contributed by atoms with Crippen molar-refractivity contribution in [3.05, 3.63) is 0 Å². The quantitative estimate of drug-likeness (QED) is 0.601. The topological polar surface area (TPSA) is 104 Å². The van der Waals surface area contributed by atoms with Gasteiger partial charge in [0, 0.05) is 33.5 Å². The molecule has 0 aliphatic heterocycles. The van der Waals surface area contributed by atoms with Crippen molar-refractivity contribution in [1.29, 1.82) is 0 Å². The van der Waals surface area contributed by atoms with Gasteiger partial charge < -0.3 is 10.0 Å². The van der Waals surface area contributed by atoms with Crippen LogP contribution in [0.25, 0.3) is 0 Å². The van der Waals surface area contributed by atoms with Crippen LogP contribution in [0.1, 0.15) is 19.3 Å². The number of carbonyl (C=O) groups excluding carboxylic acids is 1. The molecule has 0 bridgehead atoms. The molecule has 0 atom stereocenters. The van der Waals surface area contributed by atoms with Crippen LogP contribution in [0.4, 0.5) is 0 Å². The van der Waals surface area contributed by atoms with Gasteiger partial charge in [-0.1, -0.05) is 0 Å². The highest BCUT2D eigenvalue weighted by Gasteiger charge is 2.12. The third kappa shape index (κ3) is 8.64. The van der Waals surface area contributed by atoms with Gasteiger partial charge in [-0.25, -0.2) is 13.1 Å². The third-order valence-corrected chi connectivity index (χ3v) is 3.43. The Labute approximate surface area is 101 Å². The van der Waals surface area contributed by atoms with Crippen LogP contribution in [0.3, 0.4) is 0 Å². The second-order valence-corrected chi connectivity index (χ2v) is 5.68. The lowest BCUT2D eigenvalue weighted by molar-refractivity contribution is -0.137. The maximum Gasteiger partial charge on any atom is 0.303 e. The smallest absolute Gasteiger partial charge is 0.303 e. The minimum Gasteiger partial charge on any atom is -0.481 e. The van der Waals surface area contributed by atoms with Crippen LogP contribution in [0.15, 0.2) is 0 Å². The van der Waals surface area contributed by atoms with E-state index in [1.165, 1.54) is 4.90 Å². The van der Waals surface area contributed by atoms with Crippen LogP contribution in [-0.2, 0) is 19.6 Å². The number of nitrogens with one attached hydrogen (secondary N) is 1. The molecule has 17 heavy (non-hydrogen) atoms. The summed E-state index contributed by atoms with van der Waals surface area (Å²) in [6.45, 7) is 0.0341. The van der Waals surface area contributed by atoms with E-state index in [2.05, 4.69) is 4.72 Å². The Balaban J connectivity index is 3.86. The van der Waals surface area contributed by atoms with Crippen LogP contribution in [0.2, 0.25) is 0 Å². The van der Waals surface area contributed by atoms with Crippen LogP contribution >= 0.6 is 0 Å². The summed E-state index contributed by atoms with van der Waals surface area (Å²) >= 11 is 0. The maximum atomic E-state index is 11.3.